The Labute approximate surface area is 108 Å². The van der Waals surface area contributed by atoms with Gasteiger partial charge in [-0.3, -0.25) is 9.59 Å². The lowest BCUT2D eigenvalue weighted by molar-refractivity contribution is -0.110. The highest BCUT2D eigenvalue weighted by atomic mass is 16.2. The van der Waals surface area contributed by atoms with Gasteiger partial charge in [-0.1, -0.05) is 24.3 Å². The van der Waals surface area contributed by atoms with Crippen molar-refractivity contribution in [3.05, 3.63) is 52.8 Å². The molecule has 0 saturated carbocycles. The molecule has 0 N–H and O–H groups in total. The van der Waals surface area contributed by atoms with E-state index < -0.39 is 11.6 Å². The second-order valence-electron chi connectivity index (χ2n) is 4.54. The van der Waals surface area contributed by atoms with Crippen LogP contribution in [-0.2, 0) is 11.2 Å². The zero-order valence-electron chi connectivity index (χ0n) is 9.75. The van der Waals surface area contributed by atoms with Gasteiger partial charge in [-0.15, -0.1) is 10.2 Å². The second kappa shape index (κ2) is 3.41. The average molecular weight is 249 g/mol. The molecule has 2 aromatic rings. The minimum absolute atomic E-state index is 0.256. The van der Waals surface area contributed by atoms with Crippen molar-refractivity contribution in [1.82, 2.24) is 15.4 Å². The number of carbonyl (C=O) groups is 2. The first-order valence-corrected chi connectivity index (χ1v) is 5.86. The summed E-state index contributed by atoms with van der Waals surface area (Å²) in [6.45, 7) is 0. The van der Waals surface area contributed by atoms with E-state index in [4.69, 9.17) is 0 Å². The van der Waals surface area contributed by atoms with E-state index in [1.807, 2.05) is 24.3 Å². The monoisotopic (exact) mass is 249 g/mol. The maximum Gasteiger partial charge on any atom is 0.237 e. The van der Waals surface area contributed by atoms with Gasteiger partial charge in [0.15, 0.2) is 0 Å². The molecule has 2 aliphatic carbocycles. The smallest absolute Gasteiger partial charge is 0.237 e. The molecule has 1 aromatic heterocycles. The van der Waals surface area contributed by atoms with Crippen LogP contribution in [0.3, 0.4) is 0 Å². The fraction of sp³-hybridized carbons (Fsp3) is 0.0714. The minimum atomic E-state index is -0.548. The zero-order valence-corrected chi connectivity index (χ0v) is 9.75. The molecular weight excluding hydrogens is 242 g/mol. The summed E-state index contributed by atoms with van der Waals surface area (Å²) in [5, 5.41) is 11.1. The normalized spacial score (nSPS) is 16.2. The average Bonchev–Trinajstić information content (AvgIpc) is 2.84. The Balaban J connectivity index is 2.06. The number of rotatable bonds is 0. The molecule has 4 rings (SSSR count). The van der Waals surface area contributed by atoms with Crippen molar-refractivity contribution in [3.8, 4) is 0 Å². The van der Waals surface area contributed by atoms with Crippen molar-refractivity contribution in [1.29, 1.82) is 0 Å². The first-order chi connectivity index (χ1) is 9.27. The molecule has 1 heterocycles. The van der Waals surface area contributed by atoms with E-state index in [1.165, 1.54) is 6.20 Å². The number of hydrogen-bond acceptors (Lipinski definition) is 5. The van der Waals surface area contributed by atoms with E-state index >= 15 is 0 Å². The number of aromatic nitrogens is 3. The molecule has 5 nitrogen and oxygen atoms in total. The summed E-state index contributed by atoms with van der Waals surface area (Å²) in [7, 11) is 0. The summed E-state index contributed by atoms with van der Waals surface area (Å²) in [5.41, 5.74) is 3.89. The number of ketones is 2. The summed E-state index contributed by atoms with van der Waals surface area (Å²) in [4.78, 5) is 24.3. The highest BCUT2D eigenvalue weighted by Crippen LogP contribution is 2.42. The predicted molar refractivity (Wildman–Crippen MR) is 66.1 cm³/mol. The minimum Gasteiger partial charge on any atom is -0.285 e. The van der Waals surface area contributed by atoms with Gasteiger partial charge in [0.1, 0.15) is 5.69 Å². The molecule has 90 valence electrons. The van der Waals surface area contributed by atoms with Gasteiger partial charge in [-0.25, -0.2) is 0 Å². The van der Waals surface area contributed by atoms with Crippen LogP contribution in [0.5, 0.6) is 0 Å². The molecule has 0 unspecified atom stereocenters. The van der Waals surface area contributed by atoms with Gasteiger partial charge in [0, 0.05) is 12.0 Å². The molecule has 0 radical (unpaired) electrons. The fourth-order valence-corrected chi connectivity index (χ4v) is 2.72. The van der Waals surface area contributed by atoms with Crippen LogP contribution in [0, 0.1) is 0 Å². The Bertz CT molecular complexity index is 793. The maximum atomic E-state index is 12.2. The van der Waals surface area contributed by atoms with Crippen LogP contribution < -0.4 is 0 Å². The van der Waals surface area contributed by atoms with Crippen molar-refractivity contribution in [3.63, 3.8) is 0 Å². The van der Waals surface area contributed by atoms with Crippen molar-refractivity contribution in [2.24, 2.45) is 0 Å². The number of hydrogen-bond donors (Lipinski definition) is 0. The summed E-state index contributed by atoms with van der Waals surface area (Å²) >= 11 is 0. The number of benzene rings is 1. The Kier molecular flexibility index (Phi) is 1.84. The molecule has 0 bridgehead atoms. The van der Waals surface area contributed by atoms with Crippen molar-refractivity contribution < 1.29 is 9.59 Å². The molecule has 0 spiro atoms. The van der Waals surface area contributed by atoms with Gasteiger partial charge in [-0.05, 0) is 21.9 Å². The van der Waals surface area contributed by atoms with Gasteiger partial charge >= 0.3 is 0 Å². The topological polar surface area (TPSA) is 72.8 Å². The first kappa shape index (κ1) is 10.3. The van der Waals surface area contributed by atoms with Crippen LogP contribution in [0.4, 0.5) is 0 Å². The van der Waals surface area contributed by atoms with Crippen LogP contribution in [0.25, 0.3) is 11.1 Å². The van der Waals surface area contributed by atoms with E-state index in [-0.39, 0.29) is 5.56 Å². The van der Waals surface area contributed by atoms with E-state index in [9.17, 15) is 9.59 Å². The number of carbonyl (C=O) groups excluding carboxylic acids is 2. The van der Waals surface area contributed by atoms with E-state index in [0.717, 1.165) is 16.7 Å². The Hall–Kier alpha value is -2.69. The van der Waals surface area contributed by atoms with Crippen LogP contribution in [-0.4, -0.2) is 27.0 Å². The lowest BCUT2D eigenvalue weighted by Gasteiger charge is -2.14. The van der Waals surface area contributed by atoms with Crippen LogP contribution in [0.1, 0.15) is 27.2 Å². The second-order valence-corrected chi connectivity index (χ2v) is 4.54. The van der Waals surface area contributed by atoms with Crippen molar-refractivity contribution >= 4 is 22.7 Å². The van der Waals surface area contributed by atoms with Gasteiger partial charge in [-0.2, -0.15) is 0 Å². The number of fused-ring (bicyclic) bond motifs is 4. The van der Waals surface area contributed by atoms with Crippen LogP contribution in [0.2, 0.25) is 0 Å². The summed E-state index contributed by atoms with van der Waals surface area (Å²) in [6, 6.07) is 7.60. The third-order valence-corrected chi connectivity index (χ3v) is 3.56. The fourth-order valence-electron chi connectivity index (χ4n) is 2.72. The van der Waals surface area contributed by atoms with E-state index in [1.54, 1.807) is 0 Å². The molecule has 0 aliphatic heterocycles. The highest BCUT2D eigenvalue weighted by Gasteiger charge is 2.38. The SMILES string of the molecule is O=C1C(=O)c2cnnnc2C2=C1c1ccccc1C2. The van der Waals surface area contributed by atoms with Gasteiger partial charge in [0.05, 0.1) is 11.8 Å². The third-order valence-electron chi connectivity index (χ3n) is 3.56. The van der Waals surface area contributed by atoms with Crippen molar-refractivity contribution in [2.45, 2.75) is 6.42 Å². The molecule has 0 fully saturated rings. The van der Waals surface area contributed by atoms with Gasteiger partial charge in [0.25, 0.3) is 0 Å². The quantitative estimate of drug-likeness (QED) is 0.654. The molecule has 0 atom stereocenters. The summed E-state index contributed by atoms with van der Waals surface area (Å²) in [6.07, 6.45) is 1.92. The summed E-state index contributed by atoms with van der Waals surface area (Å²) in [5.74, 6) is -1.02. The Morgan fingerprint density at radius 2 is 1.84 bits per heavy atom. The van der Waals surface area contributed by atoms with E-state index in [0.29, 0.717) is 17.7 Å². The lowest BCUT2D eigenvalue weighted by atomic mass is 9.88. The third kappa shape index (κ3) is 1.21. The molecule has 0 amide bonds. The van der Waals surface area contributed by atoms with Gasteiger partial charge < -0.3 is 0 Å². The van der Waals surface area contributed by atoms with Crippen LogP contribution >= 0.6 is 0 Å². The van der Waals surface area contributed by atoms with Gasteiger partial charge in [0.2, 0.25) is 11.6 Å². The highest BCUT2D eigenvalue weighted by molar-refractivity contribution is 6.62. The number of nitrogens with zero attached hydrogens (tertiary/aromatic N) is 3. The number of allylic oxidation sites excluding steroid dienone is 2. The largest absolute Gasteiger partial charge is 0.285 e. The van der Waals surface area contributed by atoms with Crippen molar-refractivity contribution in [2.75, 3.05) is 0 Å². The maximum absolute atomic E-state index is 12.2. The van der Waals surface area contributed by atoms with E-state index in [2.05, 4.69) is 15.4 Å². The Morgan fingerprint density at radius 1 is 1.00 bits per heavy atom. The van der Waals surface area contributed by atoms with Crippen LogP contribution in [0.15, 0.2) is 30.5 Å². The molecular formula is C14H7N3O2. The molecule has 5 heteroatoms. The Morgan fingerprint density at radius 3 is 2.74 bits per heavy atom. The number of Topliss-reactive ketones (excluding diaryl/α,β-unsaturated/α-hetero) is 2. The first-order valence-electron chi connectivity index (χ1n) is 5.86. The zero-order chi connectivity index (χ0) is 13.0. The predicted octanol–water partition coefficient (Wildman–Crippen LogP) is 1.10. The molecule has 2 aliphatic rings. The lowest BCUT2D eigenvalue weighted by Crippen LogP contribution is -2.23. The summed E-state index contributed by atoms with van der Waals surface area (Å²) < 4.78 is 0. The standard InChI is InChI=1S/C14H7N3O2/c18-13-10-6-15-17-16-12(10)9-5-7-3-1-2-4-8(7)11(9)14(13)19/h1-4,6H,5H2. The molecule has 0 saturated heterocycles. The molecule has 1 aromatic carbocycles. The molecule has 19 heavy (non-hydrogen) atoms.